The van der Waals surface area contributed by atoms with E-state index in [1.54, 1.807) is 0 Å². The Kier molecular flexibility index (Phi) is 4.08. The number of hydrogen-bond acceptors (Lipinski definition) is 5. The Morgan fingerprint density at radius 1 is 1.26 bits per heavy atom. The number of aromatic nitrogens is 2. The molecule has 0 unspecified atom stereocenters. The molecule has 0 aromatic carbocycles. The molecule has 1 aliphatic rings. The number of hydrogen-bond donors (Lipinski definition) is 0. The normalized spacial score (nSPS) is 16.8. The largest absolute Gasteiger partial charge is 0.343 e. The molecule has 2 rings (SSSR count). The van der Waals surface area contributed by atoms with Gasteiger partial charge in [-0.2, -0.15) is 4.37 Å². The number of rotatable bonds is 2. The van der Waals surface area contributed by atoms with Crippen LogP contribution in [0.3, 0.4) is 0 Å². The molecular formula is C13H22N4OS. The Morgan fingerprint density at radius 3 is 2.37 bits per heavy atom. The van der Waals surface area contributed by atoms with Crippen LogP contribution in [0.2, 0.25) is 0 Å². The van der Waals surface area contributed by atoms with Crippen molar-refractivity contribution >= 4 is 22.6 Å². The number of carbonyl (C=O) groups excluding carboxylic acids is 1. The van der Waals surface area contributed by atoms with Gasteiger partial charge < -0.3 is 9.80 Å². The van der Waals surface area contributed by atoms with Gasteiger partial charge in [0.05, 0.1) is 0 Å². The summed E-state index contributed by atoms with van der Waals surface area (Å²) in [7, 11) is 0. The molecule has 1 amide bonds. The second-order valence-corrected chi connectivity index (χ2v) is 6.61. The van der Waals surface area contributed by atoms with Crippen LogP contribution in [0, 0.1) is 5.41 Å². The maximum absolute atomic E-state index is 12.2. The summed E-state index contributed by atoms with van der Waals surface area (Å²) in [6, 6.07) is 0. The SMILES string of the molecule is CCc1nsc(N2CCN(C(=O)C(C)(C)C)CC2)n1. The summed E-state index contributed by atoms with van der Waals surface area (Å²) in [5.41, 5.74) is -0.291. The van der Waals surface area contributed by atoms with Gasteiger partial charge >= 0.3 is 0 Å². The predicted molar refractivity (Wildman–Crippen MR) is 77.5 cm³/mol. The van der Waals surface area contributed by atoms with Crippen LogP contribution in [-0.4, -0.2) is 46.3 Å². The van der Waals surface area contributed by atoms with Gasteiger partial charge in [0, 0.05) is 49.5 Å². The molecule has 1 aromatic rings. The molecule has 2 heterocycles. The highest BCUT2D eigenvalue weighted by atomic mass is 32.1. The van der Waals surface area contributed by atoms with Gasteiger partial charge in [0.25, 0.3) is 0 Å². The molecule has 1 aliphatic heterocycles. The molecule has 1 saturated heterocycles. The molecule has 0 bridgehead atoms. The van der Waals surface area contributed by atoms with Crippen molar-refractivity contribution in [3.63, 3.8) is 0 Å². The van der Waals surface area contributed by atoms with Gasteiger partial charge in [-0.15, -0.1) is 0 Å². The quantitative estimate of drug-likeness (QED) is 0.830. The van der Waals surface area contributed by atoms with Crippen molar-refractivity contribution in [2.24, 2.45) is 5.41 Å². The second-order valence-electron chi connectivity index (χ2n) is 5.88. The molecule has 1 fully saturated rings. The minimum absolute atomic E-state index is 0.235. The van der Waals surface area contributed by atoms with Crippen molar-refractivity contribution < 1.29 is 4.79 Å². The van der Waals surface area contributed by atoms with Crippen molar-refractivity contribution in [2.45, 2.75) is 34.1 Å². The van der Waals surface area contributed by atoms with Gasteiger partial charge in [-0.3, -0.25) is 4.79 Å². The van der Waals surface area contributed by atoms with E-state index < -0.39 is 0 Å². The molecular weight excluding hydrogens is 260 g/mol. The molecule has 6 heteroatoms. The highest BCUT2D eigenvalue weighted by molar-refractivity contribution is 7.09. The molecule has 0 atom stereocenters. The van der Waals surface area contributed by atoms with Gasteiger partial charge in [0.2, 0.25) is 11.0 Å². The maximum atomic E-state index is 12.2. The van der Waals surface area contributed by atoms with Crippen LogP contribution >= 0.6 is 11.5 Å². The first-order chi connectivity index (χ1) is 8.91. The lowest BCUT2D eigenvalue weighted by molar-refractivity contribution is -0.139. The van der Waals surface area contributed by atoms with Crippen LogP contribution in [0.15, 0.2) is 0 Å². The van der Waals surface area contributed by atoms with E-state index in [4.69, 9.17) is 0 Å². The summed E-state index contributed by atoms with van der Waals surface area (Å²) >= 11 is 1.46. The first kappa shape index (κ1) is 14.2. The first-order valence-electron chi connectivity index (χ1n) is 6.78. The third-order valence-corrected chi connectivity index (χ3v) is 4.07. The van der Waals surface area contributed by atoms with E-state index in [0.29, 0.717) is 0 Å². The van der Waals surface area contributed by atoms with Crippen molar-refractivity contribution in [2.75, 3.05) is 31.1 Å². The topological polar surface area (TPSA) is 49.3 Å². The lowest BCUT2D eigenvalue weighted by Gasteiger charge is -2.37. The zero-order valence-electron chi connectivity index (χ0n) is 12.1. The van der Waals surface area contributed by atoms with Crippen LogP contribution in [0.1, 0.15) is 33.5 Å². The van der Waals surface area contributed by atoms with E-state index in [1.807, 2.05) is 25.7 Å². The monoisotopic (exact) mass is 282 g/mol. The molecule has 0 N–H and O–H groups in total. The number of nitrogens with zero attached hydrogens (tertiary/aromatic N) is 4. The van der Waals surface area contributed by atoms with Crippen LogP contribution in [0.5, 0.6) is 0 Å². The Bertz CT molecular complexity index is 444. The van der Waals surface area contributed by atoms with Crippen molar-refractivity contribution in [1.82, 2.24) is 14.3 Å². The van der Waals surface area contributed by atoms with Crippen LogP contribution < -0.4 is 4.90 Å². The number of anilines is 1. The molecule has 0 radical (unpaired) electrons. The lowest BCUT2D eigenvalue weighted by atomic mass is 9.94. The van der Waals surface area contributed by atoms with E-state index in [9.17, 15) is 4.79 Å². The lowest BCUT2D eigenvalue weighted by Crippen LogP contribution is -2.51. The fourth-order valence-corrected chi connectivity index (χ4v) is 2.89. The third kappa shape index (κ3) is 3.23. The smallest absolute Gasteiger partial charge is 0.228 e. The third-order valence-electron chi connectivity index (χ3n) is 3.25. The van der Waals surface area contributed by atoms with Gasteiger partial charge in [-0.25, -0.2) is 4.98 Å². The van der Waals surface area contributed by atoms with Gasteiger partial charge in [-0.05, 0) is 0 Å². The highest BCUT2D eigenvalue weighted by Gasteiger charge is 2.30. The summed E-state index contributed by atoms with van der Waals surface area (Å²) in [5, 5.41) is 0.986. The average Bonchev–Trinajstić information content (AvgIpc) is 2.86. The van der Waals surface area contributed by atoms with E-state index in [2.05, 4.69) is 21.2 Å². The Morgan fingerprint density at radius 2 is 1.89 bits per heavy atom. The number of piperazine rings is 1. The summed E-state index contributed by atoms with van der Waals surface area (Å²) in [5.74, 6) is 1.15. The first-order valence-corrected chi connectivity index (χ1v) is 7.56. The van der Waals surface area contributed by atoms with Crippen molar-refractivity contribution in [1.29, 1.82) is 0 Å². The predicted octanol–water partition coefficient (Wildman–Crippen LogP) is 1.80. The zero-order chi connectivity index (χ0) is 14.0. The van der Waals surface area contributed by atoms with Crippen molar-refractivity contribution in [3.05, 3.63) is 5.82 Å². The summed E-state index contributed by atoms with van der Waals surface area (Å²) in [6.07, 6.45) is 0.874. The van der Waals surface area contributed by atoms with E-state index in [1.165, 1.54) is 11.5 Å². The van der Waals surface area contributed by atoms with Gasteiger partial charge in [0.15, 0.2) is 0 Å². The summed E-state index contributed by atoms with van der Waals surface area (Å²) < 4.78 is 4.31. The Balaban J connectivity index is 1.94. The number of carbonyl (C=O) groups is 1. The molecule has 106 valence electrons. The molecule has 0 spiro atoms. The van der Waals surface area contributed by atoms with E-state index in [-0.39, 0.29) is 11.3 Å². The maximum Gasteiger partial charge on any atom is 0.228 e. The minimum atomic E-state index is -0.291. The van der Waals surface area contributed by atoms with Crippen molar-refractivity contribution in [3.8, 4) is 0 Å². The highest BCUT2D eigenvalue weighted by Crippen LogP contribution is 2.22. The second kappa shape index (κ2) is 5.45. The summed E-state index contributed by atoms with van der Waals surface area (Å²) in [4.78, 5) is 20.9. The molecule has 5 nitrogen and oxygen atoms in total. The molecule has 0 saturated carbocycles. The number of amides is 1. The number of aryl methyl sites for hydroxylation is 1. The Hall–Kier alpha value is -1.17. The fourth-order valence-electron chi connectivity index (χ4n) is 2.09. The molecule has 0 aliphatic carbocycles. The van der Waals surface area contributed by atoms with E-state index in [0.717, 1.165) is 43.6 Å². The average molecular weight is 282 g/mol. The van der Waals surface area contributed by atoms with Gasteiger partial charge in [0.1, 0.15) is 5.82 Å². The molecule has 1 aromatic heterocycles. The zero-order valence-corrected chi connectivity index (χ0v) is 13.0. The fraction of sp³-hybridized carbons (Fsp3) is 0.769. The van der Waals surface area contributed by atoms with Gasteiger partial charge in [-0.1, -0.05) is 27.7 Å². The van der Waals surface area contributed by atoms with Crippen LogP contribution in [0.4, 0.5) is 5.13 Å². The van der Waals surface area contributed by atoms with Crippen LogP contribution in [0.25, 0.3) is 0 Å². The molecule has 19 heavy (non-hydrogen) atoms. The van der Waals surface area contributed by atoms with E-state index >= 15 is 0 Å². The standard InChI is InChI=1S/C13H22N4OS/c1-5-10-14-12(19-15-10)17-8-6-16(7-9-17)11(18)13(2,3)4/h5-9H2,1-4H3. The van der Waals surface area contributed by atoms with Crippen LogP contribution in [-0.2, 0) is 11.2 Å². The Labute approximate surface area is 118 Å². The minimum Gasteiger partial charge on any atom is -0.343 e. The summed E-state index contributed by atoms with van der Waals surface area (Å²) in [6.45, 7) is 11.2.